The Morgan fingerprint density at radius 3 is 2.67 bits per heavy atom. The summed E-state index contributed by atoms with van der Waals surface area (Å²) in [7, 11) is -3.59. The van der Waals surface area contributed by atoms with Gasteiger partial charge in [-0.15, -0.1) is 11.3 Å². The SMILES string of the molecule is Cc1cnc(NS(=O)(=O)c2cc(Br)ccc2C)s1. The Balaban J connectivity index is 2.39. The number of sulfonamides is 1. The maximum Gasteiger partial charge on any atom is 0.263 e. The van der Waals surface area contributed by atoms with Gasteiger partial charge in [0.05, 0.1) is 4.90 Å². The topological polar surface area (TPSA) is 59.1 Å². The minimum Gasteiger partial charge on any atom is -0.255 e. The number of aryl methyl sites for hydroxylation is 2. The Morgan fingerprint density at radius 2 is 2.06 bits per heavy atom. The molecule has 0 radical (unpaired) electrons. The molecule has 2 aromatic rings. The van der Waals surface area contributed by atoms with Gasteiger partial charge in [0, 0.05) is 15.5 Å². The molecule has 2 rings (SSSR count). The lowest BCUT2D eigenvalue weighted by Gasteiger charge is -2.08. The van der Waals surface area contributed by atoms with E-state index in [-0.39, 0.29) is 4.90 Å². The van der Waals surface area contributed by atoms with Crippen LogP contribution < -0.4 is 4.72 Å². The van der Waals surface area contributed by atoms with Crippen molar-refractivity contribution in [2.75, 3.05) is 4.72 Å². The van der Waals surface area contributed by atoms with Crippen LogP contribution >= 0.6 is 27.3 Å². The van der Waals surface area contributed by atoms with E-state index in [9.17, 15) is 8.42 Å². The second kappa shape index (κ2) is 4.99. The first-order chi connectivity index (χ1) is 8.38. The monoisotopic (exact) mass is 346 g/mol. The second-order valence-electron chi connectivity index (χ2n) is 3.79. The van der Waals surface area contributed by atoms with Crippen molar-refractivity contribution in [2.24, 2.45) is 0 Å². The number of rotatable bonds is 3. The summed E-state index contributed by atoms with van der Waals surface area (Å²) in [4.78, 5) is 5.21. The van der Waals surface area contributed by atoms with Gasteiger partial charge in [0.1, 0.15) is 0 Å². The molecule has 0 amide bonds. The van der Waals surface area contributed by atoms with Gasteiger partial charge >= 0.3 is 0 Å². The molecule has 0 bridgehead atoms. The van der Waals surface area contributed by atoms with Crippen molar-refractivity contribution in [3.05, 3.63) is 39.3 Å². The average molecular weight is 347 g/mol. The number of aromatic nitrogens is 1. The first kappa shape index (κ1) is 13.5. The van der Waals surface area contributed by atoms with Crippen LogP contribution in [0.5, 0.6) is 0 Å². The predicted molar refractivity (Wildman–Crippen MR) is 76.5 cm³/mol. The zero-order chi connectivity index (χ0) is 13.3. The number of thiazole rings is 1. The molecule has 0 unspecified atom stereocenters. The lowest BCUT2D eigenvalue weighted by atomic mass is 10.2. The quantitative estimate of drug-likeness (QED) is 0.927. The number of hydrogen-bond donors (Lipinski definition) is 1. The van der Waals surface area contributed by atoms with Crippen LogP contribution in [0.15, 0.2) is 33.8 Å². The summed E-state index contributed by atoms with van der Waals surface area (Å²) in [5, 5.41) is 0.381. The van der Waals surface area contributed by atoms with E-state index in [0.717, 1.165) is 9.35 Å². The molecule has 1 aromatic heterocycles. The first-order valence-electron chi connectivity index (χ1n) is 5.10. The van der Waals surface area contributed by atoms with Gasteiger partial charge in [-0.1, -0.05) is 22.0 Å². The summed E-state index contributed by atoms with van der Waals surface area (Å²) in [5.41, 5.74) is 0.693. The summed E-state index contributed by atoms with van der Waals surface area (Å²) in [6, 6.07) is 5.14. The van der Waals surface area contributed by atoms with Crippen LogP contribution in [0.25, 0.3) is 0 Å². The third kappa shape index (κ3) is 2.90. The van der Waals surface area contributed by atoms with E-state index in [4.69, 9.17) is 0 Å². The van der Waals surface area contributed by atoms with Crippen molar-refractivity contribution < 1.29 is 8.42 Å². The normalized spacial score (nSPS) is 11.5. The zero-order valence-corrected chi connectivity index (χ0v) is 13.0. The highest BCUT2D eigenvalue weighted by molar-refractivity contribution is 9.10. The van der Waals surface area contributed by atoms with E-state index in [0.29, 0.717) is 10.7 Å². The largest absolute Gasteiger partial charge is 0.263 e. The summed E-state index contributed by atoms with van der Waals surface area (Å²) in [5.74, 6) is 0. The van der Waals surface area contributed by atoms with Crippen LogP contribution in [0, 0.1) is 13.8 Å². The Morgan fingerprint density at radius 1 is 1.33 bits per heavy atom. The molecule has 1 heterocycles. The van der Waals surface area contributed by atoms with Gasteiger partial charge < -0.3 is 0 Å². The molecule has 0 atom stereocenters. The fraction of sp³-hybridized carbons (Fsp3) is 0.182. The van der Waals surface area contributed by atoms with Gasteiger partial charge in [-0.2, -0.15) is 0 Å². The van der Waals surface area contributed by atoms with E-state index in [1.165, 1.54) is 11.3 Å². The van der Waals surface area contributed by atoms with Gasteiger partial charge in [0.15, 0.2) is 5.13 Å². The van der Waals surface area contributed by atoms with E-state index >= 15 is 0 Å². The molecule has 96 valence electrons. The molecule has 7 heteroatoms. The summed E-state index contributed by atoms with van der Waals surface area (Å²) in [6.07, 6.45) is 1.64. The number of benzene rings is 1. The van der Waals surface area contributed by atoms with Crippen LogP contribution in [0.2, 0.25) is 0 Å². The van der Waals surface area contributed by atoms with Crippen LogP contribution in [0.3, 0.4) is 0 Å². The van der Waals surface area contributed by atoms with Crippen LogP contribution in [0.4, 0.5) is 5.13 Å². The fourth-order valence-electron chi connectivity index (χ4n) is 1.44. The smallest absolute Gasteiger partial charge is 0.255 e. The molecule has 0 saturated heterocycles. The molecule has 1 N–H and O–H groups in total. The molecule has 0 saturated carbocycles. The van der Waals surface area contributed by atoms with Gasteiger partial charge in [-0.3, -0.25) is 4.72 Å². The number of nitrogens with zero attached hydrogens (tertiary/aromatic N) is 1. The van der Waals surface area contributed by atoms with Gasteiger partial charge in [0.25, 0.3) is 10.0 Å². The molecular formula is C11H11BrN2O2S2. The molecule has 0 aliphatic rings. The first-order valence-corrected chi connectivity index (χ1v) is 8.19. The molecule has 0 fully saturated rings. The lowest BCUT2D eigenvalue weighted by molar-refractivity contribution is 0.600. The standard InChI is InChI=1S/C11H11BrN2O2S2/c1-7-3-4-9(12)5-10(7)18(15,16)14-11-13-6-8(2)17-11/h3-6H,1-2H3,(H,13,14). The van der Waals surface area contributed by atoms with Crippen molar-refractivity contribution in [3.8, 4) is 0 Å². The Labute approximate surface area is 118 Å². The molecular weight excluding hydrogens is 336 g/mol. The summed E-state index contributed by atoms with van der Waals surface area (Å²) >= 11 is 4.58. The minimum absolute atomic E-state index is 0.254. The number of hydrogen-bond acceptors (Lipinski definition) is 4. The van der Waals surface area contributed by atoms with Crippen molar-refractivity contribution in [2.45, 2.75) is 18.7 Å². The average Bonchev–Trinajstić information content (AvgIpc) is 2.66. The summed E-state index contributed by atoms with van der Waals surface area (Å²) in [6.45, 7) is 3.63. The summed E-state index contributed by atoms with van der Waals surface area (Å²) < 4.78 is 27.6. The van der Waals surface area contributed by atoms with Crippen molar-refractivity contribution in [1.82, 2.24) is 4.98 Å². The minimum atomic E-state index is -3.59. The van der Waals surface area contributed by atoms with E-state index in [1.807, 2.05) is 13.0 Å². The molecule has 18 heavy (non-hydrogen) atoms. The molecule has 0 aliphatic heterocycles. The van der Waals surface area contributed by atoms with Crippen LogP contribution in [-0.2, 0) is 10.0 Å². The number of anilines is 1. The van der Waals surface area contributed by atoms with E-state index in [2.05, 4.69) is 25.6 Å². The maximum atomic E-state index is 12.2. The zero-order valence-electron chi connectivity index (χ0n) is 9.77. The highest BCUT2D eigenvalue weighted by atomic mass is 79.9. The molecule has 1 aromatic carbocycles. The van der Waals surface area contributed by atoms with E-state index in [1.54, 1.807) is 25.3 Å². The maximum absolute atomic E-state index is 12.2. The highest BCUT2D eigenvalue weighted by Crippen LogP contribution is 2.25. The molecule has 0 spiro atoms. The van der Waals surface area contributed by atoms with Crippen LogP contribution in [0.1, 0.15) is 10.4 Å². The fourth-order valence-corrected chi connectivity index (χ4v) is 4.13. The van der Waals surface area contributed by atoms with E-state index < -0.39 is 10.0 Å². The Hall–Kier alpha value is -0.920. The van der Waals surface area contributed by atoms with Gasteiger partial charge in [0.2, 0.25) is 0 Å². The van der Waals surface area contributed by atoms with Crippen LogP contribution in [-0.4, -0.2) is 13.4 Å². The number of nitrogens with one attached hydrogen (secondary N) is 1. The second-order valence-corrected chi connectivity index (χ2v) is 7.59. The van der Waals surface area contributed by atoms with Crippen molar-refractivity contribution >= 4 is 42.4 Å². The van der Waals surface area contributed by atoms with Gasteiger partial charge in [-0.05, 0) is 31.5 Å². The third-order valence-electron chi connectivity index (χ3n) is 2.28. The molecule has 4 nitrogen and oxygen atoms in total. The van der Waals surface area contributed by atoms with Gasteiger partial charge in [-0.25, -0.2) is 13.4 Å². The Bertz CT molecular complexity index is 680. The van der Waals surface area contributed by atoms with Crippen molar-refractivity contribution in [1.29, 1.82) is 0 Å². The van der Waals surface area contributed by atoms with Crippen molar-refractivity contribution in [3.63, 3.8) is 0 Å². The number of halogens is 1. The highest BCUT2D eigenvalue weighted by Gasteiger charge is 2.18. The molecule has 0 aliphatic carbocycles. The Kier molecular flexibility index (Phi) is 3.74. The third-order valence-corrected chi connectivity index (χ3v) is 5.21. The lowest BCUT2D eigenvalue weighted by Crippen LogP contribution is -2.14. The predicted octanol–water partition coefficient (Wildman–Crippen LogP) is 3.32.